The fraction of sp³-hybridized carbons (Fsp3) is 0.340. The number of morpholine rings is 3. The van der Waals surface area contributed by atoms with E-state index < -0.39 is 13.1 Å². The molecule has 0 radical (unpaired) electrons. The first kappa shape index (κ1) is 53.3. The quantitative estimate of drug-likeness (QED) is 0.143. The Bertz CT molecular complexity index is 2520. The average molecular weight is 991 g/mol. The minimum Gasteiger partial charge on any atom is -0.481 e. The third-order valence-corrected chi connectivity index (χ3v) is 11.1. The van der Waals surface area contributed by atoms with Crippen LogP contribution in [0.5, 0.6) is 0 Å². The number of nitrogens with one attached hydrogen (secondary N) is 1. The average Bonchev–Trinajstić information content (AvgIpc) is 3.34. The van der Waals surface area contributed by atoms with Gasteiger partial charge in [-0.05, 0) is 104 Å². The zero-order chi connectivity index (χ0) is 49.0. The number of benzene rings is 3. The molecule has 21 heteroatoms. The molecule has 9 rings (SSSR count). The van der Waals surface area contributed by atoms with Gasteiger partial charge in [-0.3, -0.25) is 9.59 Å². The predicted octanol–water partition coefficient (Wildman–Crippen LogP) is 5.91. The van der Waals surface area contributed by atoms with E-state index in [0.717, 1.165) is 120 Å². The Balaban J connectivity index is 0.000000171. The van der Waals surface area contributed by atoms with Crippen LogP contribution in [0, 0.1) is 20.8 Å². The van der Waals surface area contributed by atoms with Gasteiger partial charge in [-0.2, -0.15) is 5.10 Å². The van der Waals surface area contributed by atoms with E-state index in [1.54, 1.807) is 30.3 Å². The molecule has 0 aliphatic carbocycles. The van der Waals surface area contributed by atoms with Crippen LogP contribution in [0.25, 0.3) is 22.5 Å². The number of H-pyrrole nitrogens is 1. The molecule has 3 aromatic heterocycles. The molecule has 0 bridgehead atoms. The summed E-state index contributed by atoms with van der Waals surface area (Å²) in [5.74, 6) is -0.833. The standard InChI is InChI=1S/C15H16ClN3O.C15H17N3O2.C11H16BNO3.C4H2Cl2N2.C2H4O2/c1-11-10-12(13-3-5-15(16)18-17-13)2-4-14(11)19-6-8-20-9-7-19;1-11-10-12(13-3-5-15(19)17-16-13)2-4-14(11)18-6-8-20-9-7-18;1-9-8-10(12(14)15)2-3-11(9)13-4-6-16-7-5-13;5-3-1-2-4(6)8-7-3;1-2(3)4/h2-5,10H,6-9H2,1H3;2-5,10H,6-9H2,1H3,(H,17,19);2-3,8,14-15H,4-7H2,1H3;1-2H;1H3,(H,3,4). The van der Waals surface area contributed by atoms with Crippen molar-refractivity contribution in [2.24, 2.45) is 0 Å². The molecule has 4 N–H and O–H groups in total. The normalized spacial score (nSPS) is 14.3. The molecule has 68 heavy (non-hydrogen) atoms. The molecule has 3 fully saturated rings. The third kappa shape index (κ3) is 17.1. The van der Waals surface area contributed by atoms with Crippen LogP contribution in [0.4, 0.5) is 17.1 Å². The second kappa shape index (κ2) is 27.3. The summed E-state index contributed by atoms with van der Waals surface area (Å²) in [6.07, 6.45) is 0. The fourth-order valence-electron chi connectivity index (χ4n) is 7.22. The van der Waals surface area contributed by atoms with Crippen molar-refractivity contribution in [1.82, 2.24) is 30.6 Å². The van der Waals surface area contributed by atoms with Crippen LogP contribution in [0.3, 0.4) is 0 Å². The van der Waals surface area contributed by atoms with Gasteiger partial charge >= 0.3 is 7.12 Å². The van der Waals surface area contributed by atoms with Gasteiger partial charge in [0, 0.05) is 80.4 Å². The smallest absolute Gasteiger partial charge is 0.481 e. The first-order chi connectivity index (χ1) is 32.7. The second-order valence-corrected chi connectivity index (χ2v) is 16.6. The van der Waals surface area contributed by atoms with Crippen molar-refractivity contribution in [3.05, 3.63) is 133 Å². The van der Waals surface area contributed by atoms with Gasteiger partial charge < -0.3 is 44.1 Å². The number of aliphatic carboxylic acids is 1. The highest BCUT2D eigenvalue weighted by atomic mass is 35.5. The van der Waals surface area contributed by atoms with Crippen LogP contribution in [-0.4, -0.2) is 138 Å². The number of aryl methyl sites for hydroxylation is 3. The molecule has 0 spiro atoms. The van der Waals surface area contributed by atoms with Gasteiger partial charge in [-0.1, -0.05) is 59.1 Å². The summed E-state index contributed by atoms with van der Waals surface area (Å²) in [6.45, 7) is 17.5. The first-order valence-corrected chi connectivity index (χ1v) is 22.9. The number of anilines is 3. The molecular formula is C47H55BCl3N9O8. The summed E-state index contributed by atoms with van der Waals surface area (Å²) >= 11 is 16.5. The Morgan fingerprint density at radius 2 is 0.926 bits per heavy atom. The molecule has 3 aromatic carbocycles. The van der Waals surface area contributed by atoms with Gasteiger partial charge in [0.1, 0.15) is 0 Å². The molecule has 360 valence electrons. The maximum absolute atomic E-state index is 11.0. The summed E-state index contributed by atoms with van der Waals surface area (Å²) in [4.78, 5) is 27.0. The molecule has 6 heterocycles. The van der Waals surface area contributed by atoms with E-state index >= 15 is 0 Å². The Hall–Kier alpha value is -5.70. The van der Waals surface area contributed by atoms with Crippen LogP contribution < -0.4 is 25.7 Å². The summed E-state index contributed by atoms with van der Waals surface area (Å²) in [5.41, 5.74) is 11.2. The van der Waals surface area contributed by atoms with Crippen molar-refractivity contribution in [1.29, 1.82) is 0 Å². The lowest BCUT2D eigenvalue weighted by Crippen LogP contribution is -2.37. The maximum Gasteiger partial charge on any atom is 0.488 e. The highest BCUT2D eigenvalue weighted by Crippen LogP contribution is 2.28. The van der Waals surface area contributed by atoms with Crippen LogP contribution in [0.1, 0.15) is 23.6 Å². The number of carbonyl (C=O) groups is 1. The first-order valence-electron chi connectivity index (χ1n) is 21.7. The van der Waals surface area contributed by atoms with Crippen molar-refractivity contribution in [2.75, 3.05) is 93.6 Å². The van der Waals surface area contributed by atoms with Crippen LogP contribution >= 0.6 is 34.8 Å². The minimum atomic E-state index is -1.39. The molecule has 0 saturated carbocycles. The molecule has 3 aliphatic heterocycles. The van der Waals surface area contributed by atoms with Gasteiger partial charge in [-0.15, -0.1) is 20.4 Å². The molecule has 0 atom stereocenters. The highest BCUT2D eigenvalue weighted by molar-refractivity contribution is 6.58. The van der Waals surface area contributed by atoms with Crippen molar-refractivity contribution in [3.8, 4) is 22.5 Å². The summed E-state index contributed by atoms with van der Waals surface area (Å²) < 4.78 is 16.1. The minimum absolute atomic E-state index is 0.185. The van der Waals surface area contributed by atoms with Crippen molar-refractivity contribution in [2.45, 2.75) is 27.7 Å². The van der Waals surface area contributed by atoms with Gasteiger partial charge in [0.25, 0.3) is 11.5 Å². The molecule has 3 aliphatic rings. The van der Waals surface area contributed by atoms with Gasteiger partial charge in [0.2, 0.25) is 0 Å². The van der Waals surface area contributed by atoms with Crippen molar-refractivity contribution >= 4 is 70.4 Å². The molecule has 17 nitrogen and oxygen atoms in total. The van der Waals surface area contributed by atoms with E-state index in [0.29, 0.717) is 20.9 Å². The SMILES string of the molecule is CC(=O)O.Cc1cc(-c2ccc(=O)[nH]n2)ccc1N1CCOCC1.Cc1cc(-c2ccc(Cl)nn2)ccc1N1CCOCC1.Cc1cc(B(O)O)ccc1N1CCOCC1.Clc1ccc(Cl)nn1. The van der Waals surface area contributed by atoms with Crippen LogP contribution in [0.2, 0.25) is 15.5 Å². The number of aromatic nitrogens is 6. The number of aromatic amines is 1. The lowest BCUT2D eigenvalue weighted by Gasteiger charge is -2.30. The zero-order valence-electron chi connectivity index (χ0n) is 38.3. The zero-order valence-corrected chi connectivity index (χ0v) is 40.6. The number of nitrogens with zero attached hydrogens (tertiary/aromatic N) is 8. The number of ether oxygens (including phenoxy) is 3. The highest BCUT2D eigenvalue weighted by Gasteiger charge is 2.18. The van der Waals surface area contributed by atoms with Crippen molar-refractivity contribution in [3.63, 3.8) is 0 Å². The Morgan fingerprint density at radius 1 is 0.559 bits per heavy atom. The third-order valence-electron chi connectivity index (χ3n) is 10.5. The van der Waals surface area contributed by atoms with E-state index in [1.807, 2.05) is 31.2 Å². The van der Waals surface area contributed by atoms with E-state index in [4.69, 9.17) is 69.0 Å². The number of halogens is 3. The fourth-order valence-corrected chi connectivity index (χ4v) is 7.52. The lowest BCUT2D eigenvalue weighted by atomic mass is 9.79. The topological polar surface area (TPSA) is 212 Å². The Morgan fingerprint density at radius 3 is 1.26 bits per heavy atom. The summed E-state index contributed by atoms with van der Waals surface area (Å²) in [6, 6.07) is 28.2. The van der Waals surface area contributed by atoms with E-state index in [9.17, 15) is 4.79 Å². The lowest BCUT2D eigenvalue weighted by molar-refractivity contribution is -0.134. The molecular weight excluding hydrogens is 936 g/mol. The van der Waals surface area contributed by atoms with Crippen LogP contribution in [0.15, 0.2) is 95.8 Å². The second-order valence-electron chi connectivity index (χ2n) is 15.5. The van der Waals surface area contributed by atoms with E-state index in [1.165, 1.54) is 28.6 Å². The van der Waals surface area contributed by atoms with E-state index in [2.05, 4.69) is 89.5 Å². The number of hydrogen-bond acceptors (Lipinski definition) is 15. The maximum atomic E-state index is 11.0. The van der Waals surface area contributed by atoms with E-state index in [-0.39, 0.29) is 5.56 Å². The van der Waals surface area contributed by atoms with Gasteiger partial charge in [0.15, 0.2) is 15.5 Å². The molecule has 3 saturated heterocycles. The Labute approximate surface area is 410 Å². The Kier molecular flexibility index (Phi) is 21.4. The number of rotatable bonds is 6. The van der Waals surface area contributed by atoms with Gasteiger partial charge in [0.05, 0.1) is 51.0 Å². The van der Waals surface area contributed by atoms with Crippen molar-refractivity contribution < 1.29 is 34.2 Å². The van der Waals surface area contributed by atoms with Crippen LogP contribution in [-0.2, 0) is 19.0 Å². The largest absolute Gasteiger partial charge is 0.488 e. The van der Waals surface area contributed by atoms with Gasteiger partial charge in [-0.25, -0.2) is 5.10 Å². The number of carboxylic acid groups (broad SMARTS) is 1. The molecule has 0 amide bonds. The monoisotopic (exact) mass is 989 g/mol. The summed E-state index contributed by atoms with van der Waals surface area (Å²) in [7, 11) is -1.39. The number of hydrogen-bond donors (Lipinski definition) is 4. The molecule has 0 unspecified atom stereocenters. The number of carboxylic acids is 1. The predicted molar refractivity (Wildman–Crippen MR) is 268 cm³/mol. The summed E-state index contributed by atoms with van der Waals surface area (Å²) in [5, 5.41) is 48.1. The molecule has 6 aromatic rings.